The molecule has 122 valence electrons. The Hall–Kier alpha value is -1.87. The summed E-state index contributed by atoms with van der Waals surface area (Å²) in [7, 11) is -1.04. The van der Waals surface area contributed by atoms with Crippen molar-refractivity contribution in [3.63, 3.8) is 0 Å². The van der Waals surface area contributed by atoms with Gasteiger partial charge >= 0.3 is 5.97 Å². The highest BCUT2D eigenvalue weighted by molar-refractivity contribution is 7.88. The van der Waals surface area contributed by atoms with Crippen LogP contribution in [0, 0.1) is 0 Å². The van der Waals surface area contributed by atoms with Crippen LogP contribution in [-0.2, 0) is 14.8 Å². The minimum atomic E-state index is -3.75. The van der Waals surface area contributed by atoms with Crippen LogP contribution >= 0.6 is 0 Å². The zero-order chi connectivity index (χ0) is 16.5. The number of aliphatic carboxylic acids is 1. The Bertz CT molecular complexity index is 687. The fraction of sp³-hybridized carbons (Fsp3) is 0.538. The van der Waals surface area contributed by atoms with Gasteiger partial charge in [0.1, 0.15) is 0 Å². The maximum absolute atomic E-state index is 12.1. The van der Waals surface area contributed by atoms with Gasteiger partial charge in [0, 0.05) is 14.1 Å². The van der Waals surface area contributed by atoms with Crippen molar-refractivity contribution in [1.82, 2.24) is 9.62 Å². The molecule has 0 saturated heterocycles. The fourth-order valence-electron chi connectivity index (χ4n) is 2.30. The van der Waals surface area contributed by atoms with Gasteiger partial charge in [-0.2, -0.15) is 0 Å². The van der Waals surface area contributed by atoms with Crippen molar-refractivity contribution in [2.45, 2.75) is 36.3 Å². The van der Waals surface area contributed by atoms with Crippen molar-refractivity contribution in [2.24, 2.45) is 0 Å². The first kappa shape index (κ1) is 16.5. The van der Waals surface area contributed by atoms with Gasteiger partial charge in [-0.1, -0.05) is 0 Å². The molecule has 2 N–H and O–H groups in total. The summed E-state index contributed by atoms with van der Waals surface area (Å²) < 4.78 is 29.9. The van der Waals surface area contributed by atoms with Crippen LogP contribution in [0.2, 0.25) is 0 Å². The third-order valence-electron chi connectivity index (χ3n) is 3.72. The molecule has 1 fully saturated rings. The molecule has 0 radical (unpaired) electrons. The molecule has 0 aromatic carbocycles. The van der Waals surface area contributed by atoms with Crippen LogP contribution in [0.1, 0.15) is 36.2 Å². The van der Waals surface area contributed by atoms with E-state index in [1.165, 1.54) is 26.2 Å². The molecular formula is C13H18N2O6S. The van der Waals surface area contributed by atoms with Crippen molar-refractivity contribution >= 4 is 21.9 Å². The van der Waals surface area contributed by atoms with E-state index in [0.717, 1.165) is 10.7 Å². The van der Waals surface area contributed by atoms with E-state index in [9.17, 15) is 18.0 Å². The van der Waals surface area contributed by atoms with E-state index in [4.69, 9.17) is 9.52 Å². The molecule has 1 heterocycles. The lowest BCUT2D eigenvalue weighted by Gasteiger charge is -2.41. The number of amides is 1. The summed E-state index contributed by atoms with van der Waals surface area (Å²) in [5.41, 5.74) is -0.768. The Balaban J connectivity index is 2.14. The molecule has 1 saturated carbocycles. The third-order valence-corrected chi connectivity index (χ3v) is 5.41. The van der Waals surface area contributed by atoms with Gasteiger partial charge in [0.15, 0.2) is 5.76 Å². The van der Waals surface area contributed by atoms with Crippen LogP contribution in [0.3, 0.4) is 0 Å². The molecule has 1 aliphatic carbocycles. The van der Waals surface area contributed by atoms with E-state index >= 15 is 0 Å². The first-order valence-electron chi connectivity index (χ1n) is 6.73. The molecule has 8 nitrogen and oxygen atoms in total. The van der Waals surface area contributed by atoms with Crippen LogP contribution < -0.4 is 5.32 Å². The summed E-state index contributed by atoms with van der Waals surface area (Å²) >= 11 is 0. The first-order valence-corrected chi connectivity index (χ1v) is 8.17. The Morgan fingerprint density at radius 2 is 2.00 bits per heavy atom. The van der Waals surface area contributed by atoms with Crippen molar-refractivity contribution in [1.29, 1.82) is 0 Å². The summed E-state index contributed by atoms with van der Waals surface area (Å²) in [6.45, 7) is 0. The number of carbonyl (C=O) groups is 2. The standard InChI is InChI=1S/C13H18N2O6S/c1-15(2)22(19,20)11-5-4-9(21-11)12(18)14-13(6-3-7-13)8-10(16)17/h4-5H,3,6-8H2,1-2H3,(H,14,18)(H,16,17). The highest BCUT2D eigenvalue weighted by Gasteiger charge is 2.41. The molecule has 1 aliphatic rings. The number of carboxylic acids is 1. The molecule has 1 amide bonds. The van der Waals surface area contributed by atoms with E-state index in [0.29, 0.717) is 12.8 Å². The van der Waals surface area contributed by atoms with Gasteiger partial charge in [0.25, 0.3) is 15.9 Å². The van der Waals surface area contributed by atoms with Gasteiger partial charge < -0.3 is 14.8 Å². The second-order valence-corrected chi connectivity index (χ2v) is 7.65. The molecule has 0 unspecified atom stereocenters. The van der Waals surface area contributed by atoms with Crippen molar-refractivity contribution in [3.8, 4) is 0 Å². The normalized spacial score (nSPS) is 17.0. The van der Waals surface area contributed by atoms with E-state index in [-0.39, 0.29) is 17.3 Å². The van der Waals surface area contributed by atoms with Crippen LogP contribution in [0.25, 0.3) is 0 Å². The molecule has 0 aliphatic heterocycles. The number of rotatable bonds is 6. The van der Waals surface area contributed by atoms with E-state index in [2.05, 4.69) is 5.32 Å². The second-order valence-electron chi connectivity index (χ2n) is 5.56. The Kier molecular flexibility index (Phi) is 4.30. The molecule has 1 aromatic heterocycles. The van der Waals surface area contributed by atoms with Gasteiger partial charge in [-0.15, -0.1) is 0 Å². The Morgan fingerprint density at radius 3 is 2.45 bits per heavy atom. The number of hydrogen-bond acceptors (Lipinski definition) is 5. The van der Waals surface area contributed by atoms with Crippen LogP contribution in [0.4, 0.5) is 0 Å². The largest absolute Gasteiger partial charge is 0.481 e. The molecule has 2 rings (SSSR count). The molecule has 0 spiro atoms. The predicted octanol–water partition coefficient (Wildman–Crippen LogP) is 0.657. The van der Waals surface area contributed by atoms with Gasteiger partial charge in [-0.05, 0) is 31.4 Å². The van der Waals surface area contributed by atoms with Crippen molar-refractivity contribution in [3.05, 3.63) is 17.9 Å². The zero-order valence-corrected chi connectivity index (χ0v) is 13.1. The number of nitrogens with zero attached hydrogens (tertiary/aromatic N) is 1. The van der Waals surface area contributed by atoms with Crippen LogP contribution in [0.15, 0.2) is 21.6 Å². The van der Waals surface area contributed by atoms with Gasteiger partial charge in [-0.25, -0.2) is 12.7 Å². The third kappa shape index (κ3) is 3.14. The molecular weight excluding hydrogens is 312 g/mol. The minimum Gasteiger partial charge on any atom is -0.481 e. The maximum atomic E-state index is 12.1. The van der Waals surface area contributed by atoms with Crippen molar-refractivity contribution in [2.75, 3.05) is 14.1 Å². The lowest BCUT2D eigenvalue weighted by atomic mass is 9.74. The average Bonchev–Trinajstić information content (AvgIpc) is 2.85. The monoisotopic (exact) mass is 330 g/mol. The fourth-order valence-corrected chi connectivity index (χ4v) is 3.10. The predicted molar refractivity (Wildman–Crippen MR) is 75.9 cm³/mol. The molecule has 22 heavy (non-hydrogen) atoms. The molecule has 0 atom stereocenters. The number of carboxylic acid groups (broad SMARTS) is 1. The lowest BCUT2D eigenvalue weighted by Crippen LogP contribution is -2.54. The number of carbonyl (C=O) groups excluding carboxylic acids is 1. The molecule has 1 aromatic rings. The maximum Gasteiger partial charge on any atom is 0.305 e. The topological polar surface area (TPSA) is 117 Å². The lowest BCUT2D eigenvalue weighted by molar-refractivity contribution is -0.139. The summed E-state index contributed by atoms with van der Waals surface area (Å²) in [5, 5.41) is 11.2. The summed E-state index contributed by atoms with van der Waals surface area (Å²) in [6.07, 6.45) is 1.83. The number of hydrogen-bond donors (Lipinski definition) is 2. The van der Waals surface area contributed by atoms with E-state index in [1.807, 2.05) is 0 Å². The van der Waals surface area contributed by atoms with Gasteiger partial charge in [-0.3, -0.25) is 9.59 Å². The smallest absolute Gasteiger partial charge is 0.305 e. The van der Waals surface area contributed by atoms with Crippen LogP contribution in [-0.4, -0.2) is 49.3 Å². The summed E-state index contributed by atoms with van der Waals surface area (Å²) in [4.78, 5) is 23.0. The molecule has 9 heteroatoms. The zero-order valence-electron chi connectivity index (χ0n) is 12.3. The average molecular weight is 330 g/mol. The van der Waals surface area contributed by atoms with E-state index < -0.39 is 27.4 Å². The van der Waals surface area contributed by atoms with Crippen LogP contribution in [0.5, 0.6) is 0 Å². The van der Waals surface area contributed by atoms with Gasteiger partial charge in [0.2, 0.25) is 5.09 Å². The Labute approximate surface area is 128 Å². The minimum absolute atomic E-state index is 0.155. The van der Waals surface area contributed by atoms with Crippen molar-refractivity contribution < 1.29 is 27.5 Å². The second kappa shape index (κ2) is 5.73. The number of furan rings is 1. The summed E-state index contributed by atoms with van der Waals surface area (Å²) in [5.74, 6) is -1.76. The quantitative estimate of drug-likeness (QED) is 0.791. The van der Waals surface area contributed by atoms with Gasteiger partial charge in [0.05, 0.1) is 12.0 Å². The molecule has 0 bridgehead atoms. The first-order chi connectivity index (χ1) is 10.2. The summed E-state index contributed by atoms with van der Waals surface area (Å²) in [6, 6.07) is 2.47. The Morgan fingerprint density at radius 1 is 1.36 bits per heavy atom. The highest BCUT2D eigenvalue weighted by Crippen LogP contribution is 2.35. The van der Waals surface area contributed by atoms with E-state index in [1.54, 1.807) is 0 Å². The SMILES string of the molecule is CN(C)S(=O)(=O)c1ccc(C(=O)NC2(CC(=O)O)CCC2)o1. The number of nitrogens with one attached hydrogen (secondary N) is 1. The highest BCUT2D eigenvalue weighted by atomic mass is 32.2. The number of sulfonamides is 1.